The molecule has 0 heterocycles. The van der Waals surface area contributed by atoms with Crippen LogP contribution in [0.5, 0.6) is 0 Å². The number of ether oxygens (including phenoxy) is 2. The summed E-state index contributed by atoms with van der Waals surface area (Å²) in [4.78, 5) is 37.4. The Balaban J connectivity index is 3.48. The Morgan fingerprint density at radius 3 is 1.46 bits per heavy atom. The second kappa shape index (κ2) is 7.84. The van der Waals surface area contributed by atoms with Gasteiger partial charge in [-0.15, -0.1) is 0 Å². The summed E-state index contributed by atoms with van der Waals surface area (Å²) in [5.74, 6) is -0.263. The topological polar surface area (TPSA) is 72.9 Å². The number of ketones is 1. The van der Waals surface area contributed by atoms with E-state index in [0.717, 1.165) is 0 Å². The number of carbonyl (C=O) groups excluding carboxylic acids is 3. The van der Waals surface area contributed by atoms with Gasteiger partial charge in [-0.05, 0) is 60.6 Å². The van der Waals surface area contributed by atoms with Crippen LogP contribution in [0, 0.1) is 0 Å². The van der Waals surface area contributed by atoms with E-state index in [-0.39, 0.29) is 27.1 Å². The van der Waals surface area contributed by atoms with E-state index in [1.54, 1.807) is 41.5 Å². The molecular formula is C18H23Cl2NO5. The van der Waals surface area contributed by atoms with Gasteiger partial charge in [-0.3, -0.25) is 4.79 Å². The maximum Gasteiger partial charge on any atom is 0.424 e. The van der Waals surface area contributed by atoms with Crippen LogP contribution < -0.4 is 4.90 Å². The van der Waals surface area contributed by atoms with E-state index in [1.807, 2.05) is 0 Å². The summed E-state index contributed by atoms with van der Waals surface area (Å²) in [6.07, 6.45) is -1.99. The third-order valence-corrected chi connectivity index (χ3v) is 3.38. The molecule has 1 aromatic carbocycles. The van der Waals surface area contributed by atoms with Gasteiger partial charge in [0, 0.05) is 5.56 Å². The number of nitrogens with zero attached hydrogens (tertiary/aromatic N) is 1. The Kier molecular flexibility index (Phi) is 6.71. The normalized spacial score (nSPS) is 11.7. The fourth-order valence-electron chi connectivity index (χ4n) is 1.85. The summed E-state index contributed by atoms with van der Waals surface area (Å²) in [6, 6.07) is 2.65. The van der Waals surface area contributed by atoms with Gasteiger partial charge in [0.25, 0.3) is 0 Å². The first kappa shape index (κ1) is 22.3. The quantitative estimate of drug-likeness (QED) is 0.576. The second-order valence-electron chi connectivity index (χ2n) is 7.64. The van der Waals surface area contributed by atoms with Crippen LogP contribution in [0.3, 0.4) is 0 Å². The van der Waals surface area contributed by atoms with Crippen molar-refractivity contribution in [2.24, 2.45) is 0 Å². The Morgan fingerprint density at radius 1 is 0.846 bits per heavy atom. The van der Waals surface area contributed by atoms with Crippen molar-refractivity contribution < 1.29 is 23.9 Å². The van der Waals surface area contributed by atoms with Crippen molar-refractivity contribution in [3.8, 4) is 0 Å². The van der Waals surface area contributed by atoms with Gasteiger partial charge in [-0.2, -0.15) is 4.90 Å². The average molecular weight is 404 g/mol. The molecule has 0 radical (unpaired) electrons. The number of halogens is 2. The van der Waals surface area contributed by atoms with Gasteiger partial charge < -0.3 is 9.47 Å². The van der Waals surface area contributed by atoms with E-state index >= 15 is 0 Å². The number of amides is 2. The number of carbonyl (C=O) groups is 3. The van der Waals surface area contributed by atoms with Crippen LogP contribution in [0.25, 0.3) is 0 Å². The van der Waals surface area contributed by atoms with E-state index in [4.69, 9.17) is 32.7 Å². The Hall–Kier alpha value is -1.79. The molecule has 1 rings (SSSR count). The molecule has 0 unspecified atom stereocenters. The van der Waals surface area contributed by atoms with Gasteiger partial charge in [0.15, 0.2) is 5.78 Å². The van der Waals surface area contributed by atoms with Gasteiger partial charge >= 0.3 is 12.2 Å². The molecule has 0 saturated heterocycles. The standard InChI is InChI=1S/C18H23Cl2NO5/c1-10(22)11-8-12(19)14(13(20)9-11)21(15(23)25-17(2,3)4)16(24)26-18(5,6)7/h8-9H,1-7H3. The van der Waals surface area contributed by atoms with Crippen molar-refractivity contribution in [3.63, 3.8) is 0 Å². The summed E-state index contributed by atoms with van der Waals surface area (Å²) >= 11 is 12.4. The van der Waals surface area contributed by atoms with Crippen molar-refractivity contribution in [1.82, 2.24) is 0 Å². The van der Waals surface area contributed by atoms with Crippen LogP contribution in [-0.2, 0) is 9.47 Å². The minimum Gasteiger partial charge on any atom is -0.443 e. The zero-order chi connectivity index (χ0) is 20.4. The number of imide groups is 1. The molecule has 1 aromatic rings. The minimum absolute atomic E-state index is 0.0561. The molecule has 0 aliphatic rings. The zero-order valence-corrected chi connectivity index (χ0v) is 17.4. The van der Waals surface area contributed by atoms with Gasteiger partial charge in [0.1, 0.15) is 11.2 Å². The molecule has 0 aliphatic carbocycles. The van der Waals surface area contributed by atoms with Crippen LogP contribution in [0.1, 0.15) is 58.8 Å². The third-order valence-electron chi connectivity index (χ3n) is 2.80. The molecule has 0 fully saturated rings. The molecule has 0 aliphatic heterocycles. The van der Waals surface area contributed by atoms with E-state index < -0.39 is 23.4 Å². The number of rotatable bonds is 2. The number of Topliss-reactive ketones (excluding diaryl/α,β-unsaturated/α-hetero) is 1. The van der Waals surface area contributed by atoms with Gasteiger partial charge in [0.2, 0.25) is 0 Å². The Morgan fingerprint density at radius 2 is 1.19 bits per heavy atom. The van der Waals surface area contributed by atoms with Crippen LogP contribution in [-0.4, -0.2) is 29.2 Å². The molecule has 0 aromatic heterocycles. The molecule has 0 N–H and O–H groups in total. The lowest BCUT2D eigenvalue weighted by molar-refractivity contribution is 0.0430. The molecule has 26 heavy (non-hydrogen) atoms. The SMILES string of the molecule is CC(=O)c1cc(Cl)c(N(C(=O)OC(C)(C)C)C(=O)OC(C)(C)C)c(Cl)c1. The van der Waals surface area contributed by atoms with Crippen LogP contribution in [0.4, 0.5) is 15.3 Å². The molecule has 144 valence electrons. The molecule has 0 bridgehead atoms. The predicted octanol–water partition coefficient (Wildman–Crippen LogP) is 5.87. The van der Waals surface area contributed by atoms with E-state index in [9.17, 15) is 14.4 Å². The number of hydrogen-bond donors (Lipinski definition) is 0. The molecule has 2 amide bonds. The highest BCUT2D eigenvalue weighted by Gasteiger charge is 2.35. The largest absolute Gasteiger partial charge is 0.443 e. The first-order valence-corrected chi connectivity index (χ1v) is 8.64. The summed E-state index contributed by atoms with van der Waals surface area (Å²) in [6.45, 7) is 11.3. The average Bonchev–Trinajstić information content (AvgIpc) is 2.37. The van der Waals surface area contributed by atoms with Crippen LogP contribution >= 0.6 is 23.2 Å². The first-order valence-electron chi connectivity index (χ1n) is 7.88. The maximum absolute atomic E-state index is 12.6. The lowest BCUT2D eigenvalue weighted by Crippen LogP contribution is -2.44. The van der Waals surface area contributed by atoms with Gasteiger partial charge in [-0.25, -0.2) is 9.59 Å². The fourth-order valence-corrected chi connectivity index (χ4v) is 2.51. The molecular weight excluding hydrogens is 381 g/mol. The minimum atomic E-state index is -0.994. The highest BCUT2D eigenvalue weighted by atomic mass is 35.5. The maximum atomic E-state index is 12.6. The van der Waals surface area contributed by atoms with Crippen molar-refractivity contribution in [3.05, 3.63) is 27.7 Å². The van der Waals surface area contributed by atoms with Crippen molar-refractivity contribution in [2.45, 2.75) is 59.7 Å². The predicted molar refractivity (Wildman–Crippen MR) is 101 cm³/mol. The van der Waals surface area contributed by atoms with Crippen molar-refractivity contribution in [1.29, 1.82) is 0 Å². The summed E-state index contributed by atoms with van der Waals surface area (Å²) in [7, 11) is 0. The molecule has 0 saturated carbocycles. The van der Waals surface area contributed by atoms with Gasteiger partial charge in [0.05, 0.1) is 15.7 Å². The Bertz CT molecular complexity index is 681. The van der Waals surface area contributed by atoms with Crippen LogP contribution in [0.15, 0.2) is 12.1 Å². The van der Waals surface area contributed by atoms with E-state index in [2.05, 4.69) is 0 Å². The third kappa shape index (κ3) is 6.18. The summed E-state index contributed by atoms with van der Waals surface area (Å²) in [5, 5.41) is -0.112. The number of anilines is 1. The molecule has 8 heteroatoms. The number of hydrogen-bond acceptors (Lipinski definition) is 5. The lowest BCUT2D eigenvalue weighted by Gasteiger charge is -2.29. The summed E-state index contributed by atoms with van der Waals surface area (Å²) in [5.41, 5.74) is -1.59. The van der Waals surface area contributed by atoms with E-state index in [1.165, 1.54) is 19.1 Å². The highest BCUT2D eigenvalue weighted by molar-refractivity contribution is 6.41. The van der Waals surface area contributed by atoms with Crippen LogP contribution in [0.2, 0.25) is 10.0 Å². The highest BCUT2D eigenvalue weighted by Crippen LogP contribution is 2.37. The monoisotopic (exact) mass is 403 g/mol. The number of benzene rings is 1. The fraction of sp³-hybridized carbons (Fsp3) is 0.500. The molecule has 0 atom stereocenters. The Labute approximate surface area is 163 Å². The van der Waals surface area contributed by atoms with E-state index in [0.29, 0.717) is 4.90 Å². The smallest absolute Gasteiger partial charge is 0.424 e. The first-order chi connectivity index (χ1) is 11.6. The molecule has 6 nitrogen and oxygen atoms in total. The van der Waals surface area contributed by atoms with Crippen molar-refractivity contribution >= 4 is 46.9 Å². The summed E-state index contributed by atoms with van der Waals surface area (Å²) < 4.78 is 10.6. The molecule has 0 spiro atoms. The lowest BCUT2D eigenvalue weighted by atomic mass is 10.1. The zero-order valence-electron chi connectivity index (χ0n) is 15.9. The second-order valence-corrected chi connectivity index (χ2v) is 8.46. The van der Waals surface area contributed by atoms with Gasteiger partial charge in [-0.1, -0.05) is 23.2 Å². The van der Waals surface area contributed by atoms with Crippen molar-refractivity contribution in [2.75, 3.05) is 4.90 Å².